The van der Waals surface area contributed by atoms with E-state index in [2.05, 4.69) is 307 Å². The number of hydrogen-bond donors (Lipinski definition) is 0. The molecule has 0 fully saturated rings. The molecule has 4 heteroatoms. The summed E-state index contributed by atoms with van der Waals surface area (Å²) in [5, 5.41) is 0. The lowest BCUT2D eigenvalue weighted by atomic mass is 9.79. The second-order valence-corrected chi connectivity index (χ2v) is 21.4. The third-order valence-corrected chi connectivity index (χ3v) is 15.0. The smallest absolute Gasteiger partial charge is 0.0529 e. The Kier molecular flexibility index (Phi) is 12.8. The molecule has 0 atom stereocenters. The van der Waals surface area contributed by atoms with Gasteiger partial charge in [-0.25, -0.2) is 0 Å². The van der Waals surface area contributed by atoms with E-state index in [0.717, 1.165) is 68.2 Å². The van der Waals surface area contributed by atoms with E-state index in [1.165, 1.54) is 66.8 Å². The summed E-state index contributed by atoms with van der Waals surface area (Å²) in [5.74, 6) is 0. The Balaban J connectivity index is 1.30. The molecule has 0 saturated carbocycles. The van der Waals surface area contributed by atoms with Crippen molar-refractivity contribution in [2.45, 2.75) is 74.7 Å². The Morgan fingerprint density at radius 1 is 0.227 bits per heavy atom. The molecular formula is C71H66N4. The van der Waals surface area contributed by atoms with Gasteiger partial charge in [0.25, 0.3) is 0 Å². The Hall–Kier alpha value is -8.60. The van der Waals surface area contributed by atoms with E-state index in [1.54, 1.807) is 0 Å². The fourth-order valence-electron chi connectivity index (χ4n) is 11.1. The number of anilines is 12. The average Bonchev–Trinajstić information content (AvgIpc) is 3.78. The van der Waals surface area contributed by atoms with Crippen molar-refractivity contribution in [1.82, 2.24) is 0 Å². The lowest BCUT2D eigenvalue weighted by Gasteiger charge is -2.36. The summed E-state index contributed by atoms with van der Waals surface area (Å²) >= 11 is 0. The van der Waals surface area contributed by atoms with Crippen LogP contribution < -0.4 is 19.6 Å². The Morgan fingerprint density at radius 2 is 0.480 bits per heavy atom. The Bertz CT molecular complexity index is 3530. The highest BCUT2D eigenvalue weighted by atomic mass is 15.2. The van der Waals surface area contributed by atoms with Gasteiger partial charge in [-0.2, -0.15) is 0 Å². The summed E-state index contributed by atoms with van der Waals surface area (Å²) < 4.78 is 0. The molecule has 0 bridgehead atoms. The van der Waals surface area contributed by atoms with Crippen molar-refractivity contribution in [3.8, 4) is 11.1 Å². The summed E-state index contributed by atoms with van der Waals surface area (Å²) in [6, 6.07) is 81.8. The molecule has 10 aromatic carbocycles. The molecule has 0 saturated heterocycles. The normalized spacial score (nSPS) is 12.2. The first kappa shape index (κ1) is 48.7. The van der Waals surface area contributed by atoms with Crippen LogP contribution in [-0.2, 0) is 5.41 Å². The topological polar surface area (TPSA) is 13.0 Å². The Morgan fingerprint density at radius 3 is 0.747 bits per heavy atom. The molecule has 0 aliphatic heterocycles. The van der Waals surface area contributed by atoms with Crippen LogP contribution in [0.15, 0.2) is 218 Å². The zero-order valence-electron chi connectivity index (χ0n) is 45.1. The predicted molar refractivity (Wildman–Crippen MR) is 321 cm³/mol. The maximum atomic E-state index is 2.50. The summed E-state index contributed by atoms with van der Waals surface area (Å²) in [6.07, 6.45) is 0. The van der Waals surface area contributed by atoms with Crippen LogP contribution in [0.4, 0.5) is 68.2 Å². The van der Waals surface area contributed by atoms with Gasteiger partial charge in [-0.1, -0.05) is 150 Å². The number of aryl methyl sites for hydroxylation is 8. The van der Waals surface area contributed by atoms with Crippen molar-refractivity contribution < 1.29 is 0 Å². The molecule has 0 amide bonds. The second kappa shape index (κ2) is 19.7. The van der Waals surface area contributed by atoms with Crippen LogP contribution in [0.1, 0.15) is 69.5 Å². The molecule has 0 aromatic heterocycles. The van der Waals surface area contributed by atoms with Crippen LogP contribution in [-0.4, -0.2) is 0 Å². The standard InChI is InChI=1S/C71H66N4/c1-47-14-28-55(29-15-47)72(56-30-16-48(2)17-31-56)63-43-65-66-44-64(73(57-32-18-49(3)19-33-57)62-13-11-12-54(8)42-62)46-68(75(60-38-24-52(6)25-39-60)61-40-26-53(7)27-41-61)70(66)71(9,10)69(65)67(45-63)74(58-34-20-50(4)21-35-58)59-36-22-51(5)23-37-59/h11-46H,1-10H3. The van der Waals surface area contributed by atoms with Gasteiger partial charge >= 0.3 is 0 Å². The summed E-state index contributed by atoms with van der Waals surface area (Å²) in [6.45, 7) is 22.3. The third-order valence-electron chi connectivity index (χ3n) is 15.0. The largest absolute Gasteiger partial charge is 0.310 e. The number of fused-ring (bicyclic) bond motifs is 3. The molecule has 1 aliphatic carbocycles. The van der Waals surface area contributed by atoms with Gasteiger partial charge in [0.05, 0.1) is 11.4 Å². The molecule has 0 radical (unpaired) electrons. The maximum absolute atomic E-state index is 2.50. The van der Waals surface area contributed by atoms with Crippen molar-refractivity contribution >= 4 is 68.2 Å². The van der Waals surface area contributed by atoms with Gasteiger partial charge in [0.2, 0.25) is 0 Å². The number of hydrogen-bond acceptors (Lipinski definition) is 4. The highest BCUT2D eigenvalue weighted by molar-refractivity contribution is 6.01. The van der Waals surface area contributed by atoms with Crippen LogP contribution >= 0.6 is 0 Å². The van der Waals surface area contributed by atoms with E-state index < -0.39 is 5.41 Å². The van der Waals surface area contributed by atoms with E-state index in [9.17, 15) is 0 Å². The minimum absolute atomic E-state index is 0.537. The quantitative estimate of drug-likeness (QED) is 0.121. The van der Waals surface area contributed by atoms with Crippen molar-refractivity contribution in [3.63, 3.8) is 0 Å². The second-order valence-electron chi connectivity index (χ2n) is 21.4. The van der Waals surface area contributed by atoms with E-state index in [1.807, 2.05) is 0 Å². The molecule has 4 nitrogen and oxygen atoms in total. The van der Waals surface area contributed by atoms with Gasteiger partial charge < -0.3 is 19.6 Å². The first-order valence-corrected chi connectivity index (χ1v) is 26.3. The highest BCUT2D eigenvalue weighted by Gasteiger charge is 2.44. The number of benzene rings is 10. The average molecular weight is 975 g/mol. The van der Waals surface area contributed by atoms with Crippen LogP contribution in [0.25, 0.3) is 11.1 Å². The van der Waals surface area contributed by atoms with Gasteiger partial charge in [0, 0.05) is 62.3 Å². The third kappa shape index (κ3) is 9.38. The van der Waals surface area contributed by atoms with Crippen molar-refractivity contribution in [3.05, 3.63) is 274 Å². The van der Waals surface area contributed by atoms with E-state index in [4.69, 9.17) is 0 Å². The van der Waals surface area contributed by atoms with Crippen LogP contribution in [0.3, 0.4) is 0 Å². The van der Waals surface area contributed by atoms with Crippen LogP contribution in [0.5, 0.6) is 0 Å². The minimum atomic E-state index is -0.537. The molecular weight excluding hydrogens is 909 g/mol. The zero-order valence-corrected chi connectivity index (χ0v) is 45.1. The fraction of sp³-hybridized carbons (Fsp3) is 0.155. The van der Waals surface area contributed by atoms with E-state index in [0.29, 0.717) is 0 Å². The predicted octanol–water partition coefficient (Wildman–Crippen LogP) is 20.3. The highest BCUT2D eigenvalue weighted by Crippen LogP contribution is 2.61. The van der Waals surface area contributed by atoms with Crippen LogP contribution in [0.2, 0.25) is 0 Å². The first-order valence-electron chi connectivity index (χ1n) is 26.3. The van der Waals surface area contributed by atoms with Crippen molar-refractivity contribution in [2.75, 3.05) is 19.6 Å². The monoisotopic (exact) mass is 975 g/mol. The SMILES string of the molecule is Cc1ccc(N(c2ccc(C)cc2)c2cc3c(c(N(c4ccc(C)cc4)c4ccc(C)cc4)c2)C(C)(C)c2c-3cc(N(c3ccc(C)cc3)c3cccc(C)c3)cc2N(c2ccc(C)cc2)c2ccc(C)cc2)cc1. The fourth-order valence-corrected chi connectivity index (χ4v) is 11.1. The van der Waals surface area contributed by atoms with E-state index >= 15 is 0 Å². The lowest BCUT2D eigenvalue weighted by molar-refractivity contribution is 0.661. The summed E-state index contributed by atoms with van der Waals surface area (Å²) in [5.41, 5.74) is 27.3. The van der Waals surface area contributed by atoms with Gasteiger partial charge in [-0.3, -0.25) is 0 Å². The van der Waals surface area contributed by atoms with Gasteiger partial charge in [0.1, 0.15) is 0 Å². The zero-order chi connectivity index (χ0) is 52.1. The molecule has 0 unspecified atom stereocenters. The van der Waals surface area contributed by atoms with Gasteiger partial charge in [-0.15, -0.1) is 0 Å². The molecule has 10 aromatic rings. The van der Waals surface area contributed by atoms with Crippen molar-refractivity contribution in [1.29, 1.82) is 0 Å². The first-order chi connectivity index (χ1) is 36.2. The molecule has 0 heterocycles. The summed E-state index contributed by atoms with van der Waals surface area (Å²) in [4.78, 5) is 9.89. The molecule has 370 valence electrons. The minimum Gasteiger partial charge on any atom is -0.310 e. The lowest BCUT2D eigenvalue weighted by Crippen LogP contribution is -2.24. The molecule has 0 spiro atoms. The summed E-state index contributed by atoms with van der Waals surface area (Å²) in [7, 11) is 0. The van der Waals surface area contributed by atoms with Gasteiger partial charge in [-0.05, 0) is 205 Å². The molecule has 75 heavy (non-hydrogen) atoms. The molecule has 0 N–H and O–H groups in total. The molecule has 11 rings (SSSR count). The van der Waals surface area contributed by atoms with Gasteiger partial charge in [0.15, 0.2) is 0 Å². The maximum Gasteiger partial charge on any atom is 0.0529 e. The van der Waals surface area contributed by atoms with Crippen molar-refractivity contribution in [2.24, 2.45) is 0 Å². The van der Waals surface area contributed by atoms with Crippen LogP contribution in [0, 0.1) is 55.4 Å². The Labute approximate surface area is 445 Å². The van der Waals surface area contributed by atoms with E-state index in [-0.39, 0.29) is 0 Å². The molecule has 1 aliphatic rings. The number of rotatable bonds is 12. The number of nitrogens with zero attached hydrogens (tertiary/aromatic N) is 4.